The third-order valence-electron chi connectivity index (χ3n) is 5.78. The molecule has 0 atom stereocenters. The molecule has 0 unspecified atom stereocenters. The van der Waals surface area contributed by atoms with Gasteiger partial charge in [0.2, 0.25) is 0 Å². The highest BCUT2D eigenvalue weighted by atomic mass is 14.4. The van der Waals surface area contributed by atoms with Gasteiger partial charge in [0.25, 0.3) is 0 Å². The van der Waals surface area contributed by atoms with Crippen molar-refractivity contribution >= 4 is 0 Å². The summed E-state index contributed by atoms with van der Waals surface area (Å²) in [5, 5.41) is 0. The van der Waals surface area contributed by atoms with Crippen LogP contribution in [0.15, 0.2) is 24.3 Å². The Kier molecular flexibility index (Phi) is 3.24. The van der Waals surface area contributed by atoms with Gasteiger partial charge in [-0.05, 0) is 92.0 Å². The van der Waals surface area contributed by atoms with Crippen LogP contribution in [0.1, 0.15) is 51.4 Å². The van der Waals surface area contributed by atoms with E-state index in [1.807, 2.05) is 0 Å². The highest BCUT2D eigenvalue weighted by Gasteiger charge is 2.34. The van der Waals surface area contributed by atoms with Crippen molar-refractivity contribution in [3.05, 3.63) is 68.8 Å². The smallest absolute Gasteiger partial charge is 0.00108 e. The predicted molar refractivity (Wildman–Crippen MR) is 91.3 cm³/mol. The van der Waals surface area contributed by atoms with Crippen molar-refractivity contribution in [2.75, 3.05) is 0 Å². The van der Waals surface area contributed by atoms with Crippen LogP contribution in [0, 0.1) is 34.6 Å². The van der Waals surface area contributed by atoms with E-state index in [4.69, 9.17) is 0 Å². The molecule has 2 aromatic rings. The molecular weight excluding hydrogens is 252 g/mol. The van der Waals surface area contributed by atoms with Gasteiger partial charge in [0, 0.05) is 5.41 Å². The molecule has 2 aromatic carbocycles. The van der Waals surface area contributed by atoms with Crippen LogP contribution in [-0.2, 0) is 18.3 Å². The second-order valence-corrected chi connectivity index (χ2v) is 7.23. The molecule has 0 N–H and O–H groups in total. The first-order chi connectivity index (χ1) is 9.83. The van der Waals surface area contributed by atoms with E-state index in [9.17, 15) is 0 Å². The second-order valence-electron chi connectivity index (χ2n) is 7.23. The van der Waals surface area contributed by atoms with Gasteiger partial charge in [0.05, 0.1) is 0 Å². The zero-order valence-corrected chi connectivity index (χ0v) is 14.2. The summed E-state index contributed by atoms with van der Waals surface area (Å²) >= 11 is 0. The monoisotopic (exact) mass is 278 g/mol. The number of hydrogen-bond donors (Lipinski definition) is 0. The Labute approximate surface area is 129 Å². The first-order valence-electron chi connectivity index (χ1n) is 7.99. The molecule has 0 aromatic heterocycles. The molecule has 0 spiro atoms. The van der Waals surface area contributed by atoms with Crippen molar-refractivity contribution in [1.29, 1.82) is 0 Å². The first-order valence-corrected chi connectivity index (χ1v) is 7.99. The van der Waals surface area contributed by atoms with E-state index in [0.717, 1.165) is 12.8 Å². The molecule has 110 valence electrons. The summed E-state index contributed by atoms with van der Waals surface area (Å²) in [7, 11) is 0. The SMILES string of the molecule is Cc1c(C)c(C)c(C2(C)Cc3cccc(c3)C2)c(C)c1C. The Hall–Kier alpha value is -1.56. The molecule has 0 heteroatoms. The molecule has 0 aliphatic heterocycles. The molecule has 1 aliphatic rings. The van der Waals surface area contributed by atoms with Gasteiger partial charge in [-0.15, -0.1) is 0 Å². The van der Waals surface area contributed by atoms with Crippen LogP contribution in [0.2, 0.25) is 0 Å². The largest absolute Gasteiger partial charge is 0.0617 e. The van der Waals surface area contributed by atoms with Gasteiger partial charge in [-0.2, -0.15) is 0 Å². The lowest BCUT2D eigenvalue weighted by Crippen LogP contribution is -2.33. The van der Waals surface area contributed by atoms with Crippen LogP contribution in [0.3, 0.4) is 0 Å². The summed E-state index contributed by atoms with van der Waals surface area (Å²) in [5.41, 5.74) is 12.2. The van der Waals surface area contributed by atoms with Gasteiger partial charge in [0.15, 0.2) is 0 Å². The minimum Gasteiger partial charge on any atom is -0.0617 e. The fourth-order valence-corrected chi connectivity index (χ4v) is 4.40. The minimum atomic E-state index is 0.234. The maximum absolute atomic E-state index is 2.45. The van der Waals surface area contributed by atoms with Crippen molar-refractivity contribution in [3.63, 3.8) is 0 Å². The van der Waals surface area contributed by atoms with E-state index in [1.165, 1.54) is 38.9 Å². The lowest BCUT2D eigenvalue weighted by Gasteiger charge is -2.38. The maximum Gasteiger partial charge on any atom is 0.00108 e. The van der Waals surface area contributed by atoms with Crippen LogP contribution in [0.25, 0.3) is 0 Å². The summed E-state index contributed by atoms with van der Waals surface area (Å²) < 4.78 is 0. The average molecular weight is 278 g/mol. The van der Waals surface area contributed by atoms with E-state index >= 15 is 0 Å². The van der Waals surface area contributed by atoms with Crippen LogP contribution in [0.5, 0.6) is 0 Å². The Morgan fingerprint density at radius 1 is 0.714 bits per heavy atom. The molecular formula is C21H26. The highest BCUT2D eigenvalue weighted by molar-refractivity contribution is 5.54. The maximum atomic E-state index is 2.45. The molecule has 0 heterocycles. The Balaban J connectivity index is 2.21. The number of benzene rings is 2. The van der Waals surface area contributed by atoms with Crippen LogP contribution < -0.4 is 0 Å². The molecule has 3 rings (SSSR count). The van der Waals surface area contributed by atoms with Crippen LogP contribution in [-0.4, -0.2) is 0 Å². The van der Waals surface area contributed by atoms with E-state index in [0.29, 0.717) is 0 Å². The Bertz CT molecular complexity index is 669. The molecule has 0 fully saturated rings. The molecule has 21 heavy (non-hydrogen) atoms. The fourth-order valence-electron chi connectivity index (χ4n) is 4.40. The van der Waals surface area contributed by atoms with Gasteiger partial charge < -0.3 is 0 Å². The molecule has 0 saturated carbocycles. The summed E-state index contributed by atoms with van der Waals surface area (Å²) in [4.78, 5) is 0. The zero-order chi connectivity index (χ0) is 15.4. The minimum absolute atomic E-state index is 0.234. The topological polar surface area (TPSA) is 0 Å². The third kappa shape index (κ3) is 2.12. The van der Waals surface area contributed by atoms with Crippen LogP contribution >= 0.6 is 0 Å². The normalized spacial score (nSPS) is 16.1. The van der Waals surface area contributed by atoms with Crippen molar-refractivity contribution in [1.82, 2.24) is 0 Å². The van der Waals surface area contributed by atoms with Crippen molar-refractivity contribution < 1.29 is 0 Å². The number of hydrogen-bond acceptors (Lipinski definition) is 0. The van der Waals surface area contributed by atoms with Crippen molar-refractivity contribution in [2.45, 2.75) is 59.8 Å². The highest BCUT2D eigenvalue weighted by Crippen LogP contribution is 2.41. The van der Waals surface area contributed by atoms with E-state index in [-0.39, 0.29) is 5.41 Å². The van der Waals surface area contributed by atoms with E-state index in [1.54, 1.807) is 5.56 Å². The van der Waals surface area contributed by atoms with Gasteiger partial charge in [0.1, 0.15) is 0 Å². The quantitative estimate of drug-likeness (QED) is 0.665. The van der Waals surface area contributed by atoms with Crippen LogP contribution in [0.4, 0.5) is 0 Å². The van der Waals surface area contributed by atoms with Gasteiger partial charge in [-0.3, -0.25) is 0 Å². The molecule has 0 nitrogen and oxygen atoms in total. The van der Waals surface area contributed by atoms with E-state index < -0.39 is 0 Å². The molecule has 1 aliphatic carbocycles. The summed E-state index contributed by atoms with van der Waals surface area (Å²) in [6.45, 7) is 13.9. The second kappa shape index (κ2) is 4.73. The molecule has 2 bridgehead atoms. The van der Waals surface area contributed by atoms with E-state index in [2.05, 4.69) is 65.8 Å². The summed E-state index contributed by atoms with van der Waals surface area (Å²) in [6, 6.07) is 9.13. The molecule has 0 amide bonds. The number of fused-ring (bicyclic) bond motifs is 2. The Morgan fingerprint density at radius 2 is 1.14 bits per heavy atom. The summed E-state index contributed by atoms with van der Waals surface area (Å²) in [6.07, 6.45) is 2.31. The first kappa shape index (κ1) is 14.4. The van der Waals surface area contributed by atoms with Gasteiger partial charge >= 0.3 is 0 Å². The van der Waals surface area contributed by atoms with Gasteiger partial charge in [-0.1, -0.05) is 31.2 Å². The standard InChI is InChI=1S/C21H26/c1-13-14(2)16(4)20(17(5)15(13)3)21(6)11-18-8-7-9-19(10-18)12-21/h7-10H,11-12H2,1-6H3. The van der Waals surface area contributed by atoms with Gasteiger partial charge in [-0.25, -0.2) is 0 Å². The zero-order valence-electron chi connectivity index (χ0n) is 14.2. The Morgan fingerprint density at radius 3 is 1.62 bits per heavy atom. The lowest BCUT2D eigenvalue weighted by atomic mass is 9.66. The third-order valence-corrected chi connectivity index (χ3v) is 5.78. The van der Waals surface area contributed by atoms with Crippen molar-refractivity contribution in [2.24, 2.45) is 0 Å². The molecule has 0 radical (unpaired) electrons. The fraction of sp³-hybridized carbons (Fsp3) is 0.429. The van der Waals surface area contributed by atoms with Crippen molar-refractivity contribution in [3.8, 4) is 0 Å². The predicted octanol–water partition coefficient (Wildman–Crippen LogP) is 5.29. The summed E-state index contributed by atoms with van der Waals surface area (Å²) in [5.74, 6) is 0. The number of rotatable bonds is 1. The lowest BCUT2D eigenvalue weighted by molar-refractivity contribution is 0.447. The molecule has 0 saturated heterocycles. The average Bonchev–Trinajstić information content (AvgIpc) is 2.42.